The molecule has 0 aromatic carbocycles. The van der Waals surface area contributed by atoms with Gasteiger partial charge in [-0.15, -0.1) is 0 Å². The minimum Gasteiger partial charge on any atom is -0.450 e. The van der Waals surface area contributed by atoms with E-state index in [2.05, 4.69) is 25.0 Å². The highest BCUT2D eigenvalue weighted by atomic mass is 28.3. The Balaban J connectivity index is 3.25. The lowest BCUT2D eigenvalue weighted by Crippen LogP contribution is -2.28. The first-order chi connectivity index (χ1) is 8.95. The van der Waals surface area contributed by atoms with Gasteiger partial charge in [-0.3, -0.25) is 0 Å². The second-order valence-electron chi connectivity index (χ2n) is 6.22. The Kier molecular flexibility index (Phi) is 11.0. The fourth-order valence-corrected chi connectivity index (χ4v) is 2.35. The van der Waals surface area contributed by atoms with E-state index in [0.29, 0.717) is 19.8 Å². The van der Waals surface area contributed by atoms with Gasteiger partial charge in [-0.1, -0.05) is 45.3 Å². The molecule has 0 unspecified atom stereocenters. The average Bonchev–Trinajstić information content (AvgIpc) is 2.31. The van der Waals surface area contributed by atoms with Crippen molar-refractivity contribution in [3.8, 4) is 0 Å². The molecule has 0 heterocycles. The molecule has 0 bridgehead atoms. The van der Waals surface area contributed by atoms with Crippen LogP contribution in [0.15, 0.2) is 0 Å². The highest BCUT2D eigenvalue weighted by molar-refractivity contribution is 6.76. The summed E-state index contributed by atoms with van der Waals surface area (Å²) in [6.45, 7) is 8.35. The van der Waals surface area contributed by atoms with E-state index in [1.54, 1.807) is 0 Å². The lowest BCUT2D eigenvalue weighted by Gasteiger charge is -2.15. The Morgan fingerprint density at radius 3 is 2.21 bits per heavy atom. The van der Waals surface area contributed by atoms with E-state index in [1.165, 1.54) is 12.8 Å². The molecule has 5 heteroatoms. The fraction of sp³-hybridized carbons (Fsp3) is 0.929. The lowest BCUT2D eigenvalue weighted by atomic mass is 10.1. The normalized spacial score (nSPS) is 11.4. The zero-order chi connectivity index (χ0) is 14.6. The first-order valence-electron chi connectivity index (χ1n) is 7.47. The standard InChI is InChI=1S/C14H31NO3Si/c1-19(2,3)13-12-18-14(17)15-10-8-6-4-5-7-9-11-16/h16H,4-13H2,1-3H3,(H,15,17). The summed E-state index contributed by atoms with van der Waals surface area (Å²) in [5.41, 5.74) is 0. The number of unbranched alkanes of at least 4 members (excludes halogenated alkanes) is 5. The summed E-state index contributed by atoms with van der Waals surface area (Å²) in [6.07, 6.45) is 6.19. The molecule has 19 heavy (non-hydrogen) atoms. The van der Waals surface area contributed by atoms with Gasteiger partial charge in [-0.05, 0) is 18.9 Å². The van der Waals surface area contributed by atoms with Crippen molar-refractivity contribution in [3.63, 3.8) is 0 Å². The van der Waals surface area contributed by atoms with E-state index in [0.717, 1.165) is 31.7 Å². The zero-order valence-corrected chi connectivity index (χ0v) is 13.8. The van der Waals surface area contributed by atoms with Crippen LogP contribution in [0.2, 0.25) is 25.7 Å². The third-order valence-corrected chi connectivity index (χ3v) is 4.64. The third-order valence-electron chi connectivity index (χ3n) is 2.94. The number of rotatable bonds is 11. The first kappa shape index (κ1) is 18.4. The van der Waals surface area contributed by atoms with E-state index < -0.39 is 8.07 Å². The van der Waals surface area contributed by atoms with Crippen molar-refractivity contribution in [1.29, 1.82) is 0 Å². The van der Waals surface area contributed by atoms with E-state index in [4.69, 9.17) is 9.84 Å². The number of ether oxygens (including phenoxy) is 1. The largest absolute Gasteiger partial charge is 0.450 e. The molecule has 1 amide bonds. The molecular formula is C14H31NO3Si. The molecule has 0 aromatic rings. The molecule has 0 aromatic heterocycles. The van der Waals surface area contributed by atoms with E-state index >= 15 is 0 Å². The van der Waals surface area contributed by atoms with Crippen LogP contribution in [-0.4, -0.2) is 39.0 Å². The number of aliphatic hydroxyl groups is 1. The van der Waals surface area contributed by atoms with Crippen molar-refractivity contribution in [1.82, 2.24) is 5.32 Å². The Bertz CT molecular complexity index is 229. The summed E-state index contributed by atoms with van der Waals surface area (Å²) in [4.78, 5) is 11.4. The quantitative estimate of drug-likeness (QED) is 0.453. The minimum atomic E-state index is -1.11. The van der Waals surface area contributed by atoms with Crippen LogP contribution in [-0.2, 0) is 4.74 Å². The highest BCUT2D eigenvalue weighted by Crippen LogP contribution is 2.07. The number of carbonyl (C=O) groups excluding carboxylic acids is 1. The van der Waals surface area contributed by atoms with Gasteiger partial charge in [0, 0.05) is 21.2 Å². The van der Waals surface area contributed by atoms with Gasteiger partial charge < -0.3 is 15.2 Å². The van der Waals surface area contributed by atoms with Crippen molar-refractivity contribution in [2.75, 3.05) is 19.8 Å². The van der Waals surface area contributed by atoms with Gasteiger partial charge >= 0.3 is 6.09 Å². The monoisotopic (exact) mass is 289 g/mol. The number of carbonyl (C=O) groups is 1. The van der Waals surface area contributed by atoms with Gasteiger partial charge in [0.15, 0.2) is 0 Å². The maximum atomic E-state index is 11.4. The van der Waals surface area contributed by atoms with Crippen LogP contribution in [0.4, 0.5) is 4.79 Å². The van der Waals surface area contributed by atoms with Crippen LogP contribution in [0.1, 0.15) is 38.5 Å². The van der Waals surface area contributed by atoms with Gasteiger partial charge in [0.2, 0.25) is 0 Å². The van der Waals surface area contributed by atoms with Gasteiger partial charge in [-0.2, -0.15) is 0 Å². The summed E-state index contributed by atoms with van der Waals surface area (Å²) < 4.78 is 5.13. The van der Waals surface area contributed by atoms with E-state index in [-0.39, 0.29) is 6.09 Å². The Hall–Kier alpha value is -0.553. The van der Waals surface area contributed by atoms with Crippen molar-refractivity contribution >= 4 is 14.2 Å². The average molecular weight is 289 g/mol. The van der Waals surface area contributed by atoms with Crippen LogP contribution < -0.4 is 5.32 Å². The van der Waals surface area contributed by atoms with Crippen molar-refractivity contribution in [2.24, 2.45) is 0 Å². The van der Waals surface area contributed by atoms with E-state index in [9.17, 15) is 4.79 Å². The van der Waals surface area contributed by atoms with Gasteiger partial charge in [0.1, 0.15) is 0 Å². The van der Waals surface area contributed by atoms with Gasteiger partial charge in [0.25, 0.3) is 0 Å². The maximum absolute atomic E-state index is 11.4. The predicted octanol–water partition coefficient (Wildman–Crippen LogP) is 3.38. The molecule has 0 saturated heterocycles. The summed E-state index contributed by atoms with van der Waals surface area (Å²) in [7, 11) is -1.11. The number of nitrogens with one attached hydrogen (secondary N) is 1. The van der Waals surface area contributed by atoms with Crippen molar-refractivity contribution < 1.29 is 14.6 Å². The minimum absolute atomic E-state index is 0.279. The molecule has 0 atom stereocenters. The molecule has 4 nitrogen and oxygen atoms in total. The predicted molar refractivity (Wildman–Crippen MR) is 82.3 cm³/mol. The highest BCUT2D eigenvalue weighted by Gasteiger charge is 2.13. The first-order valence-corrected chi connectivity index (χ1v) is 11.2. The SMILES string of the molecule is C[Si](C)(C)CCOC(=O)NCCCCCCCCO. The van der Waals surface area contributed by atoms with Crippen LogP contribution in [0.5, 0.6) is 0 Å². The summed E-state index contributed by atoms with van der Waals surface area (Å²) in [5, 5.41) is 11.4. The smallest absolute Gasteiger partial charge is 0.407 e. The summed E-state index contributed by atoms with van der Waals surface area (Å²) in [5.74, 6) is 0. The van der Waals surface area contributed by atoms with E-state index in [1.807, 2.05) is 0 Å². The van der Waals surface area contributed by atoms with Crippen molar-refractivity contribution in [3.05, 3.63) is 0 Å². The fourth-order valence-electron chi connectivity index (χ4n) is 1.64. The molecule has 114 valence electrons. The molecule has 0 saturated carbocycles. The molecule has 2 N–H and O–H groups in total. The Morgan fingerprint density at radius 1 is 1.05 bits per heavy atom. The second-order valence-corrected chi connectivity index (χ2v) is 11.8. The maximum Gasteiger partial charge on any atom is 0.407 e. The molecule has 0 aliphatic heterocycles. The van der Waals surface area contributed by atoms with Crippen LogP contribution in [0.25, 0.3) is 0 Å². The molecule has 0 aliphatic rings. The number of hydrogen-bond acceptors (Lipinski definition) is 3. The lowest BCUT2D eigenvalue weighted by molar-refractivity contribution is 0.151. The second kappa shape index (κ2) is 11.3. The Morgan fingerprint density at radius 2 is 1.63 bits per heavy atom. The van der Waals surface area contributed by atoms with Gasteiger partial charge in [-0.25, -0.2) is 4.79 Å². The zero-order valence-electron chi connectivity index (χ0n) is 12.8. The number of aliphatic hydroxyl groups excluding tert-OH is 1. The molecule has 0 aliphatic carbocycles. The molecule has 0 rings (SSSR count). The van der Waals surface area contributed by atoms with Crippen LogP contribution in [0, 0.1) is 0 Å². The molecular weight excluding hydrogens is 258 g/mol. The third kappa shape index (κ3) is 15.4. The van der Waals surface area contributed by atoms with Crippen LogP contribution >= 0.6 is 0 Å². The Labute approximate surface area is 118 Å². The number of amides is 1. The topological polar surface area (TPSA) is 58.6 Å². The summed E-state index contributed by atoms with van der Waals surface area (Å²) in [6, 6.07) is 1.02. The van der Waals surface area contributed by atoms with Crippen molar-refractivity contribution in [2.45, 2.75) is 64.2 Å². The van der Waals surface area contributed by atoms with Crippen LogP contribution in [0.3, 0.4) is 0 Å². The molecule has 0 fully saturated rings. The summed E-state index contributed by atoms with van der Waals surface area (Å²) >= 11 is 0. The van der Waals surface area contributed by atoms with Gasteiger partial charge in [0.05, 0.1) is 6.61 Å². The molecule has 0 spiro atoms. The molecule has 0 radical (unpaired) electrons. The number of alkyl carbamates (subject to hydrolysis) is 1. The number of hydrogen-bond donors (Lipinski definition) is 2.